The SMILES string of the molecule is C#Cc1c(F)ccc2cc(O)cc(-c3ncc4c(N5CCOC[C@@H]6C[C@@H]65)nc(OC[C@@]56CCCN5C[C@H](F)C6)nc4c3F)c12. The van der Waals surface area contributed by atoms with Crippen molar-refractivity contribution in [1.82, 2.24) is 19.9 Å². The minimum atomic E-state index is -0.920. The van der Waals surface area contributed by atoms with Gasteiger partial charge in [-0.15, -0.1) is 6.42 Å². The predicted octanol–water partition coefficient (Wildman–Crippen LogP) is 4.99. The minimum absolute atomic E-state index is 0.00873. The lowest BCUT2D eigenvalue weighted by Crippen LogP contribution is -2.43. The molecule has 8 rings (SSSR count). The summed E-state index contributed by atoms with van der Waals surface area (Å²) in [4.78, 5) is 18.0. The van der Waals surface area contributed by atoms with Gasteiger partial charge in [-0.25, -0.2) is 13.2 Å². The second-order valence-corrected chi connectivity index (χ2v) is 12.4. The van der Waals surface area contributed by atoms with Crippen molar-refractivity contribution in [3.05, 3.63) is 47.7 Å². The number of benzene rings is 2. The Balaban J connectivity index is 1.28. The minimum Gasteiger partial charge on any atom is -0.508 e. The third-order valence-corrected chi connectivity index (χ3v) is 9.69. The van der Waals surface area contributed by atoms with Crippen molar-refractivity contribution in [3.63, 3.8) is 0 Å². The van der Waals surface area contributed by atoms with Crippen LogP contribution in [0.2, 0.25) is 0 Å². The van der Waals surface area contributed by atoms with Gasteiger partial charge >= 0.3 is 6.01 Å². The molecule has 0 amide bonds. The van der Waals surface area contributed by atoms with Crippen molar-refractivity contribution in [2.75, 3.05) is 44.4 Å². The number of alkyl halides is 1. The predicted molar refractivity (Wildman–Crippen MR) is 158 cm³/mol. The molecule has 4 atom stereocenters. The topological polar surface area (TPSA) is 83.8 Å². The highest BCUT2D eigenvalue weighted by Crippen LogP contribution is 2.44. The zero-order chi connectivity index (χ0) is 30.2. The molecule has 4 fully saturated rings. The first kappa shape index (κ1) is 27.4. The van der Waals surface area contributed by atoms with Crippen LogP contribution in [0.15, 0.2) is 30.5 Å². The van der Waals surface area contributed by atoms with E-state index < -0.39 is 23.3 Å². The van der Waals surface area contributed by atoms with Gasteiger partial charge in [0.2, 0.25) is 0 Å². The summed E-state index contributed by atoms with van der Waals surface area (Å²) in [5, 5.41) is 11.6. The van der Waals surface area contributed by atoms with Gasteiger partial charge < -0.3 is 19.5 Å². The molecule has 1 aliphatic carbocycles. The number of halogens is 3. The Labute approximate surface area is 251 Å². The maximum absolute atomic E-state index is 16.7. The number of aromatic hydroxyl groups is 1. The van der Waals surface area contributed by atoms with E-state index in [1.165, 1.54) is 30.5 Å². The molecule has 0 spiro atoms. The van der Waals surface area contributed by atoms with Gasteiger partial charge in [-0.3, -0.25) is 9.88 Å². The van der Waals surface area contributed by atoms with Gasteiger partial charge in [0.25, 0.3) is 0 Å². The lowest BCUT2D eigenvalue weighted by molar-refractivity contribution is 0.107. The molecule has 44 heavy (non-hydrogen) atoms. The van der Waals surface area contributed by atoms with E-state index >= 15 is 4.39 Å². The first-order valence-electron chi connectivity index (χ1n) is 15.0. The molecule has 0 bridgehead atoms. The average Bonchev–Trinajstić information content (AvgIpc) is 3.62. The van der Waals surface area contributed by atoms with E-state index in [1.807, 2.05) is 0 Å². The number of aromatic nitrogens is 3. The van der Waals surface area contributed by atoms with Crippen LogP contribution in [0.5, 0.6) is 11.8 Å². The van der Waals surface area contributed by atoms with E-state index in [2.05, 4.69) is 25.7 Å². The molecular weight excluding hydrogens is 571 g/mol. The fourth-order valence-electron chi connectivity index (χ4n) is 7.51. The van der Waals surface area contributed by atoms with Gasteiger partial charge in [-0.2, -0.15) is 9.97 Å². The standard InChI is InChI=1S/C33H30F3N5O3/c1-2-22-25(35)5-4-18-10-21(42)12-23(27(18)22)29-28(36)30-24(14-37-29)31(41-8-9-43-16-19-11-26(19)41)39-32(38-30)44-17-33-6-3-7-40(33)15-20(34)13-33/h1,4-5,10,12,14,19-20,26,42H,3,6-9,11,13,15-17H2/t19-,20+,26-,33-/m0/s1. The summed E-state index contributed by atoms with van der Waals surface area (Å²) < 4.78 is 58.0. The number of anilines is 1. The van der Waals surface area contributed by atoms with Gasteiger partial charge in [0.15, 0.2) is 5.82 Å². The maximum atomic E-state index is 16.7. The molecule has 0 unspecified atom stereocenters. The van der Waals surface area contributed by atoms with Crippen molar-refractivity contribution in [3.8, 4) is 35.4 Å². The van der Waals surface area contributed by atoms with Crippen LogP contribution in [-0.4, -0.2) is 82.2 Å². The van der Waals surface area contributed by atoms with Gasteiger partial charge in [-0.05, 0) is 49.4 Å². The lowest BCUT2D eigenvalue weighted by Gasteiger charge is -2.31. The van der Waals surface area contributed by atoms with Crippen LogP contribution in [0.3, 0.4) is 0 Å². The highest BCUT2D eigenvalue weighted by atomic mass is 19.1. The molecule has 4 aliphatic rings. The van der Waals surface area contributed by atoms with Crippen LogP contribution in [-0.2, 0) is 4.74 Å². The van der Waals surface area contributed by atoms with Crippen LogP contribution >= 0.6 is 0 Å². The molecule has 2 aromatic carbocycles. The molecule has 8 nitrogen and oxygen atoms in total. The van der Waals surface area contributed by atoms with Crippen LogP contribution < -0.4 is 9.64 Å². The Bertz CT molecular complexity index is 1870. The number of ether oxygens (including phenoxy) is 2. The molecule has 4 aromatic rings. The number of hydrogen-bond acceptors (Lipinski definition) is 8. The Morgan fingerprint density at radius 3 is 2.95 bits per heavy atom. The molecular formula is C33H30F3N5O3. The van der Waals surface area contributed by atoms with Gasteiger partial charge in [0.05, 0.1) is 29.7 Å². The highest BCUT2D eigenvalue weighted by Gasteiger charge is 2.49. The molecule has 226 valence electrons. The van der Waals surface area contributed by atoms with E-state index in [4.69, 9.17) is 20.9 Å². The Morgan fingerprint density at radius 2 is 2.09 bits per heavy atom. The van der Waals surface area contributed by atoms with Crippen molar-refractivity contribution in [2.45, 2.75) is 43.4 Å². The zero-order valence-electron chi connectivity index (χ0n) is 23.9. The second kappa shape index (κ2) is 10.2. The number of hydrogen-bond donors (Lipinski definition) is 1. The lowest BCUT2D eigenvalue weighted by atomic mass is 9.95. The Kier molecular flexibility index (Phi) is 6.36. The molecule has 3 aliphatic heterocycles. The third-order valence-electron chi connectivity index (χ3n) is 9.69. The fourth-order valence-corrected chi connectivity index (χ4v) is 7.51. The monoisotopic (exact) mass is 601 g/mol. The van der Waals surface area contributed by atoms with E-state index in [0.29, 0.717) is 55.2 Å². The first-order chi connectivity index (χ1) is 21.3. The van der Waals surface area contributed by atoms with E-state index in [0.717, 1.165) is 25.8 Å². The quantitative estimate of drug-likeness (QED) is 0.321. The van der Waals surface area contributed by atoms with Crippen LogP contribution in [0.1, 0.15) is 31.2 Å². The summed E-state index contributed by atoms with van der Waals surface area (Å²) in [7, 11) is 0. The van der Waals surface area contributed by atoms with Crippen LogP contribution in [0, 0.1) is 29.9 Å². The van der Waals surface area contributed by atoms with E-state index in [1.54, 1.807) is 0 Å². The van der Waals surface area contributed by atoms with Crippen molar-refractivity contribution >= 4 is 27.5 Å². The van der Waals surface area contributed by atoms with Gasteiger partial charge in [0.1, 0.15) is 41.4 Å². The van der Waals surface area contributed by atoms with Crippen LogP contribution in [0.4, 0.5) is 19.0 Å². The van der Waals surface area contributed by atoms with Crippen LogP contribution in [0.25, 0.3) is 32.9 Å². The molecule has 2 aromatic heterocycles. The largest absolute Gasteiger partial charge is 0.508 e. The average molecular weight is 602 g/mol. The number of pyridine rings is 1. The zero-order valence-corrected chi connectivity index (χ0v) is 23.9. The van der Waals surface area contributed by atoms with Gasteiger partial charge in [0, 0.05) is 48.6 Å². The summed E-state index contributed by atoms with van der Waals surface area (Å²) in [6.45, 7) is 3.09. The highest BCUT2D eigenvalue weighted by molar-refractivity contribution is 6.03. The number of rotatable bonds is 5. The normalized spacial score (nSPS) is 26.4. The summed E-state index contributed by atoms with van der Waals surface area (Å²) in [5.74, 6) is 1.64. The van der Waals surface area contributed by atoms with Crippen molar-refractivity contribution < 1.29 is 27.8 Å². The smallest absolute Gasteiger partial charge is 0.319 e. The molecule has 1 N–H and O–H groups in total. The van der Waals surface area contributed by atoms with Crippen molar-refractivity contribution in [1.29, 1.82) is 0 Å². The maximum Gasteiger partial charge on any atom is 0.319 e. The molecule has 1 saturated carbocycles. The van der Waals surface area contributed by atoms with Crippen molar-refractivity contribution in [2.24, 2.45) is 5.92 Å². The summed E-state index contributed by atoms with van der Waals surface area (Å²) >= 11 is 0. The van der Waals surface area contributed by atoms with E-state index in [9.17, 15) is 13.9 Å². The summed E-state index contributed by atoms with van der Waals surface area (Å²) in [5.41, 5.74) is -0.521. The number of phenols is 1. The molecule has 5 heterocycles. The van der Waals surface area contributed by atoms with E-state index in [-0.39, 0.29) is 52.1 Å². The number of phenolic OH excluding ortho intramolecular Hbond substituents is 1. The number of nitrogens with zero attached hydrogens (tertiary/aromatic N) is 5. The molecule has 3 saturated heterocycles. The Morgan fingerprint density at radius 1 is 1.20 bits per heavy atom. The fraction of sp³-hybridized carbons (Fsp3) is 0.424. The molecule has 0 radical (unpaired) electrons. The second-order valence-electron chi connectivity index (χ2n) is 12.4. The number of terminal acetylenes is 1. The number of fused-ring (bicyclic) bond motifs is 4. The summed E-state index contributed by atoms with van der Waals surface area (Å²) in [6.07, 6.45) is 9.32. The molecule has 11 heteroatoms. The third kappa shape index (κ3) is 4.34. The Hall–Kier alpha value is -4.14. The first-order valence-corrected chi connectivity index (χ1v) is 15.0. The summed E-state index contributed by atoms with van der Waals surface area (Å²) in [6, 6.07) is 5.63. The van der Waals surface area contributed by atoms with Gasteiger partial charge in [-0.1, -0.05) is 12.0 Å².